The van der Waals surface area contributed by atoms with Crippen molar-refractivity contribution in [3.63, 3.8) is 0 Å². The van der Waals surface area contributed by atoms with E-state index in [4.69, 9.17) is 11.6 Å². The average Bonchev–Trinajstić information content (AvgIpc) is 2.17. The quantitative estimate of drug-likeness (QED) is 0.706. The van der Waals surface area contributed by atoms with Gasteiger partial charge in [0.15, 0.2) is 0 Å². The molecule has 3 rings (SSSR count). The summed E-state index contributed by atoms with van der Waals surface area (Å²) in [5.41, 5.74) is 0.337. The number of hydrogen-bond acceptors (Lipinski definition) is 2. The van der Waals surface area contributed by atoms with Gasteiger partial charge < -0.3 is 0 Å². The van der Waals surface area contributed by atoms with Gasteiger partial charge in [0, 0.05) is 11.3 Å². The molecule has 1 aromatic carbocycles. The minimum atomic E-state index is -0.331. The van der Waals surface area contributed by atoms with E-state index in [2.05, 4.69) is 9.97 Å². The fourth-order valence-corrected chi connectivity index (χ4v) is 2.18. The average molecular weight is 237 g/mol. The summed E-state index contributed by atoms with van der Waals surface area (Å²) in [6.45, 7) is 0. The van der Waals surface area contributed by atoms with E-state index in [1.54, 1.807) is 12.1 Å². The zero-order chi connectivity index (χ0) is 11.1. The van der Waals surface area contributed by atoms with Crippen LogP contribution in [0, 0.1) is 5.82 Å². The van der Waals surface area contributed by atoms with Crippen LogP contribution in [0.5, 0.6) is 0 Å². The molecule has 1 aliphatic carbocycles. The monoisotopic (exact) mass is 236 g/mol. The molecule has 0 amide bonds. The molecule has 4 heteroatoms. The second-order valence-corrected chi connectivity index (χ2v) is 4.49. The van der Waals surface area contributed by atoms with Gasteiger partial charge in [-0.25, -0.2) is 14.4 Å². The number of rotatable bonds is 1. The molecule has 2 aromatic rings. The van der Waals surface area contributed by atoms with Crippen LogP contribution < -0.4 is 0 Å². The molecule has 1 fully saturated rings. The lowest BCUT2D eigenvalue weighted by atomic mass is 9.85. The van der Waals surface area contributed by atoms with Gasteiger partial charge in [-0.05, 0) is 25.0 Å². The summed E-state index contributed by atoms with van der Waals surface area (Å²) in [5, 5.41) is 0.941. The molecule has 1 heterocycles. The molecular weight excluding hydrogens is 227 g/mol. The van der Waals surface area contributed by atoms with Crippen LogP contribution >= 0.6 is 11.6 Å². The number of benzene rings is 1. The lowest BCUT2D eigenvalue weighted by Gasteiger charge is -2.23. The van der Waals surface area contributed by atoms with Gasteiger partial charge in [0.1, 0.15) is 22.3 Å². The maximum absolute atomic E-state index is 13.6. The molecule has 1 aliphatic rings. The number of fused-ring (bicyclic) bond motifs is 1. The van der Waals surface area contributed by atoms with Crippen molar-refractivity contribution in [2.24, 2.45) is 0 Å². The first kappa shape index (κ1) is 9.97. The number of nitrogens with zero attached hydrogens (tertiary/aromatic N) is 2. The lowest BCUT2D eigenvalue weighted by molar-refractivity contribution is 0.402. The summed E-state index contributed by atoms with van der Waals surface area (Å²) >= 11 is 6.04. The van der Waals surface area contributed by atoms with E-state index in [-0.39, 0.29) is 5.82 Å². The molecule has 1 saturated carbocycles. The molecule has 0 aliphatic heterocycles. The molecule has 0 radical (unpaired) electrons. The molecule has 0 unspecified atom stereocenters. The molecule has 0 spiro atoms. The van der Waals surface area contributed by atoms with Crippen molar-refractivity contribution in [1.82, 2.24) is 9.97 Å². The summed E-state index contributed by atoms with van der Waals surface area (Å²) in [4.78, 5) is 8.54. The maximum atomic E-state index is 13.6. The van der Waals surface area contributed by atoms with Crippen molar-refractivity contribution in [1.29, 1.82) is 0 Å². The van der Waals surface area contributed by atoms with Crippen molar-refractivity contribution >= 4 is 22.5 Å². The van der Waals surface area contributed by atoms with Crippen molar-refractivity contribution < 1.29 is 4.39 Å². The topological polar surface area (TPSA) is 25.8 Å². The van der Waals surface area contributed by atoms with Gasteiger partial charge in [-0.15, -0.1) is 0 Å². The lowest BCUT2D eigenvalue weighted by Crippen LogP contribution is -2.13. The standard InChI is InChI=1S/C12H10ClFN2/c13-11-8-5-2-6-9(14)10(8)15-12(16-11)7-3-1-4-7/h2,5-7H,1,3-4H2. The van der Waals surface area contributed by atoms with Crippen LogP contribution in [0.15, 0.2) is 18.2 Å². The first-order valence-corrected chi connectivity index (χ1v) is 5.75. The van der Waals surface area contributed by atoms with E-state index >= 15 is 0 Å². The van der Waals surface area contributed by atoms with Crippen LogP contribution in [-0.2, 0) is 0 Å². The van der Waals surface area contributed by atoms with Crippen molar-refractivity contribution in [3.8, 4) is 0 Å². The Morgan fingerprint density at radius 1 is 1.25 bits per heavy atom. The van der Waals surface area contributed by atoms with Gasteiger partial charge in [-0.2, -0.15) is 0 Å². The maximum Gasteiger partial charge on any atom is 0.149 e. The molecule has 1 aromatic heterocycles. The van der Waals surface area contributed by atoms with E-state index in [0.29, 0.717) is 27.8 Å². The van der Waals surface area contributed by atoms with Gasteiger partial charge in [0.2, 0.25) is 0 Å². The predicted octanol–water partition coefficient (Wildman–Crippen LogP) is 3.69. The van der Waals surface area contributed by atoms with E-state index in [9.17, 15) is 4.39 Å². The van der Waals surface area contributed by atoms with Gasteiger partial charge in [0.05, 0.1) is 0 Å². The highest BCUT2D eigenvalue weighted by atomic mass is 35.5. The predicted molar refractivity (Wildman–Crippen MR) is 61.1 cm³/mol. The number of hydrogen-bond donors (Lipinski definition) is 0. The molecule has 2 nitrogen and oxygen atoms in total. The third-order valence-corrected chi connectivity index (χ3v) is 3.41. The van der Waals surface area contributed by atoms with Gasteiger partial charge in [-0.1, -0.05) is 24.1 Å². The fraction of sp³-hybridized carbons (Fsp3) is 0.333. The normalized spacial score (nSPS) is 16.4. The Labute approximate surface area is 97.5 Å². The highest BCUT2D eigenvalue weighted by Crippen LogP contribution is 2.36. The van der Waals surface area contributed by atoms with Gasteiger partial charge >= 0.3 is 0 Å². The smallest absolute Gasteiger partial charge is 0.149 e. The Hall–Kier alpha value is -1.22. The van der Waals surface area contributed by atoms with Gasteiger partial charge in [0.25, 0.3) is 0 Å². The van der Waals surface area contributed by atoms with Crippen LogP contribution in [0.4, 0.5) is 4.39 Å². The van der Waals surface area contributed by atoms with E-state index < -0.39 is 0 Å². The van der Waals surface area contributed by atoms with E-state index in [1.807, 2.05) is 0 Å². The second kappa shape index (κ2) is 3.67. The number of halogens is 2. The van der Waals surface area contributed by atoms with Crippen LogP contribution in [0.25, 0.3) is 10.9 Å². The Bertz CT molecular complexity index is 552. The molecule has 0 atom stereocenters. The second-order valence-electron chi connectivity index (χ2n) is 4.14. The van der Waals surface area contributed by atoms with Crippen LogP contribution in [0.2, 0.25) is 5.15 Å². The van der Waals surface area contributed by atoms with Crippen molar-refractivity contribution in [2.75, 3.05) is 0 Å². The van der Waals surface area contributed by atoms with Crippen LogP contribution in [-0.4, -0.2) is 9.97 Å². The summed E-state index contributed by atoms with van der Waals surface area (Å²) < 4.78 is 13.6. The van der Waals surface area contributed by atoms with Gasteiger partial charge in [-0.3, -0.25) is 0 Å². The largest absolute Gasteiger partial charge is 0.229 e. The number of aromatic nitrogens is 2. The fourth-order valence-electron chi connectivity index (χ4n) is 1.94. The SMILES string of the molecule is Fc1cccc2c(Cl)nc(C3CCC3)nc12. The molecule has 16 heavy (non-hydrogen) atoms. The summed E-state index contributed by atoms with van der Waals surface area (Å²) in [5.74, 6) is 0.720. The first-order valence-electron chi connectivity index (χ1n) is 5.37. The molecule has 0 bridgehead atoms. The highest BCUT2D eigenvalue weighted by molar-refractivity contribution is 6.34. The summed E-state index contributed by atoms with van der Waals surface area (Å²) in [7, 11) is 0. The Morgan fingerprint density at radius 3 is 2.75 bits per heavy atom. The van der Waals surface area contributed by atoms with E-state index in [1.165, 1.54) is 12.5 Å². The Morgan fingerprint density at radius 2 is 2.06 bits per heavy atom. The molecule has 0 saturated heterocycles. The number of para-hydroxylation sites is 1. The van der Waals surface area contributed by atoms with Crippen LogP contribution in [0.1, 0.15) is 31.0 Å². The van der Waals surface area contributed by atoms with Crippen molar-refractivity contribution in [2.45, 2.75) is 25.2 Å². The summed E-state index contributed by atoms with van der Waals surface area (Å²) in [6.07, 6.45) is 3.35. The van der Waals surface area contributed by atoms with E-state index in [0.717, 1.165) is 12.8 Å². The Kier molecular flexibility index (Phi) is 2.28. The van der Waals surface area contributed by atoms with Crippen molar-refractivity contribution in [3.05, 3.63) is 35.0 Å². The molecular formula is C12H10ClFN2. The minimum Gasteiger partial charge on any atom is -0.229 e. The molecule has 0 N–H and O–H groups in total. The summed E-state index contributed by atoms with van der Waals surface area (Å²) in [6, 6.07) is 4.76. The zero-order valence-electron chi connectivity index (χ0n) is 8.58. The highest BCUT2D eigenvalue weighted by Gasteiger charge is 2.23. The molecule has 82 valence electrons. The zero-order valence-corrected chi connectivity index (χ0v) is 9.34. The Balaban J connectivity index is 2.23. The minimum absolute atomic E-state index is 0.331. The van der Waals surface area contributed by atoms with Crippen LogP contribution in [0.3, 0.4) is 0 Å². The third-order valence-electron chi connectivity index (χ3n) is 3.12. The first-order chi connectivity index (χ1) is 7.75. The third kappa shape index (κ3) is 1.47.